The quantitative estimate of drug-likeness (QED) is 0.744. The number of ether oxygens (including phenoxy) is 1. The van der Waals surface area contributed by atoms with Crippen LogP contribution in [0.2, 0.25) is 5.28 Å². The van der Waals surface area contributed by atoms with Gasteiger partial charge in [-0.3, -0.25) is 4.90 Å². The minimum atomic E-state index is -0.662. The van der Waals surface area contributed by atoms with Gasteiger partial charge < -0.3 is 4.74 Å². The highest BCUT2D eigenvalue weighted by atomic mass is 35.5. The molecule has 1 aromatic rings. The van der Waals surface area contributed by atoms with Gasteiger partial charge in [-0.25, -0.2) is 24.5 Å². The number of hydrogen-bond acceptors (Lipinski definition) is 5. The number of amides is 3. The summed E-state index contributed by atoms with van der Waals surface area (Å²) in [6, 6.07) is 1.08. The summed E-state index contributed by atoms with van der Waals surface area (Å²) in [6.45, 7) is 5.81. The van der Waals surface area contributed by atoms with Crippen LogP contribution in [0.4, 0.5) is 15.4 Å². The van der Waals surface area contributed by atoms with Gasteiger partial charge in [-0.1, -0.05) is 0 Å². The predicted octanol–water partition coefficient (Wildman–Crippen LogP) is 2.31. The number of urea groups is 1. The van der Waals surface area contributed by atoms with Crippen LogP contribution in [0.25, 0.3) is 0 Å². The van der Waals surface area contributed by atoms with Crippen molar-refractivity contribution in [2.24, 2.45) is 0 Å². The molecule has 2 heterocycles. The number of carbonyl (C=O) groups excluding carboxylic acids is 2. The van der Waals surface area contributed by atoms with E-state index in [1.807, 2.05) is 0 Å². The zero-order chi connectivity index (χ0) is 14.9. The molecule has 0 aliphatic carbocycles. The van der Waals surface area contributed by atoms with E-state index in [0.29, 0.717) is 12.4 Å². The van der Waals surface area contributed by atoms with Gasteiger partial charge in [-0.2, -0.15) is 0 Å². The molecule has 0 saturated carbocycles. The number of hydrogen-bond donors (Lipinski definition) is 0. The monoisotopic (exact) mass is 298 g/mol. The van der Waals surface area contributed by atoms with E-state index < -0.39 is 17.7 Å². The Kier molecular flexibility index (Phi) is 3.80. The van der Waals surface area contributed by atoms with Crippen molar-refractivity contribution >= 4 is 29.5 Å². The maximum absolute atomic E-state index is 12.2. The van der Waals surface area contributed by atoms with Crippen molar-refractivity contribution < 1.29 is 14.3 Å². The maximum Gasteiger partial charge on any atom is 0.418 e. The van der Waals surface area contributed by atoms with Crippen LogP contribution in [0, 0.1) is 0 Å². The highest BCUT2D eigenvalue weighted by molar-refractivity contribution is 6.28. The van der Waals surface area contributed by atoms with Gasteiger partial charge in [0.25, 0.3) is 0 Å². The summed E-state index contributed by atoms with van der Waals surface area (Å²) in [6.07, 6.45) is 0.791. The number of aromatic nitrogens is 2. The van der Waals surface area contributed by atoms with Gasteiger partial charge in [0.2, 0.25) is 5.28 Å². The average molecular weight is 299 g/mol. The van der Waals surface area contributed by atoms with Crippen LogP contribution in [0.3, 0.4) is 0 Å². The second kappa shape index (κ2) is 5.24. The van der Waals surface area contributed by atoms with Gasteiger partial charge in [-0.05, 0) is 38.4 Å². The standard InChI is InChI=1S/C12H15ClN4O3/c1-12(2,3)20-11(19)17-7-6-16(10(17)18)8-4-5-14-9(13)15-8/h4-5H,6-7H2,1-3H3. The number of halogens is 1. The number of nitrogens with zero attached hydrogens (tertiary/aromatic N) is 4. The van der Waals surface area contributed by atoms with Gasteiger partial charge >= 0.3 is 12.1 Å². The first-order chi connectivity index (χ1) is 9.28. The number of carbonyl (C=O) groups is 2. The molecule has 3 amide bonds. The molecule has 0 N–H and O–H groups in total. The van der Waals surface area contributed by atoms with E-state index in [4.69, 9.17) is 16.3 Å². The summed E-state index contributed by atoms with van der Waals surface area (Å²) < 4.78 is 5.18. The van der Waals surface area contributed by atoms with Gasteiger partial charge in [-0.15, -0.1) is 0 Å². The van der Waals surface area contributed by atoms with E-state index in [-0.39, 0.29) is 11.8 Å². The summed E-state index contributed by atoms with van der Waals surface area (Å²) in [4.78, 5) is 34.2. The molecule has 108 valence electrons. The molecule has 2 rings (SSSR count). The molecular formula is C12H15ClN4O3. The molecule has 0 unspecified atom stereocenters. The molecule has 0 aromatic carbocycles. The summed E-state index contributed by atoms with van der Waals surface area (Å²) in [7, 11) is 0. The molecule has 0 bridgehead atoms. The smallest absolute Gasteiger partial charge is 0.418 e. The molecule has 1 aliphatic rings. The number of anilines is 1. The third kappa shape index (κ3) is 3.16. The van der Waals surface area contributed by atoms with Gasteiger partial charge in [0.05, 0.1) is 6.54 Å². The Labute approximate surface area is 121 Å². The minimum absolute atomic E-state index is 0.0472. The summed E-state index contributed by atoms with van der Waals surface area (Å²) in [5.74, 6) is 0.362. The van der Waals surface area contributed by atoms with E-state index in [2.05, 4.69) is 9.97 Å². The minimum Gasteiger partial charge on any atom is -0.443 e. The Bertz CT molecular complexity index is 544. The van der Waals surface area contributed by atoms with E-state index >= 15 is 0 Å². The largest absolute Gasteiger partial charge is 0.443 e. The zero-order valence-corrected chi connectivity index (χ0v) is 12.2. The first-order valence-electron chi connectivity index (χ1n) is 6.08. The van der Waals surface area contributed by atoms with Crippen molar-refractivity contribution in [3.8, 4) is 0 Å². The van der Waals surface area contributed by atoms with E-state index in [1.165, 1.54) is 11.1 Å². The van der Waals surface area contributed by atoms with Gasteiger partial charge in [0.1, 0.15) is 11.4 Å². The fraction of sp³-hybridized carbons (Fsp3) is 0.500. The third-order valence-corrected chi connectivity index (χ3v) is 2.69. The Morgan fingerprint density at radius 3 is 2.70 bits per heavy atom. The molecule has 0 radical (unpaired) electrons. The van der Waals surface area contributed by atoms with Crippen molar-refractivity contribution in [1.82, 2.24) is 14.9 Å². The second-order valence-corrected chi connectivity index (χ2v) is 5.59. The lowest BCUT2D eigenvalue weighted by molar-refractivity contribution is 0.0354. The van der Waals surface area contributed by atoms with Crippen molar-refractivity contribution in [1.29, 1.82) is 0 Å². The highest BCUT2D eigenvalue weighted by Gasteiger charge is 2.37. The highest BCUT2D eigenvalue weighted by Crippen LogP contribution is 2.20. The predicted molar refractivity (Wildman–Crippen MR) is 72.7 cm³/mol. The lowest BCUT2D eigenvalue weighted by Crippen LogP contribution is -2.40. The summed E-state index contributed by atoms with van der Waals surface area (Å²) in [5.41, 5.74) is -0.650. The fourth-order valence-electron chi connectivity index (χ4n) is 1.71. The molecular weight excluding hydrogens is 284 g/mol. The van der Waals surface area contributed by atoms with Gasteiger partial charge in [0, 0.05) is 12.7 Å². The Morgan fingerprint density at radius 1 is 1.40 bits per heavy atom. The van der Waals surface area contributed by atoms with E-state index in [0.717, 1.165) is 4.90 Å². The molecule has 7 nitrogen and oxygen atoms in total. The zero-order valence-electron chi connectivity index (χ0n) is 11.5. The second-order valence-electron chi connectivity index (χ2n) is 5.25. The molecule has 20 heavy (non-hydrogen) atoms. The summed E-state index contributed by atoms with van der Waals surface area (Å²) in [5, 5.41) is 0.0472. The number of rotatable bonds is 1. The molecule has 1 fully saturated rings. The molecule has 1 saturated heterocycles. The van der Waals surface area contributed by atoms with Crippen LogP contribution >= 0.6 is 11.6 Å². The average Bonchev–Trinajstić information content (AvgIpc) is 2.69. The Morgan fingerprint density at radius 2 is 2.10 bits per heavy atom. The topological polar surface area (TPSA) is 75.6 Å². The normalized spacial score (nSPS) is 15.7. The van der Waals surface area contributed by atoms with E-state index in [9.17, 15) is 9.59 Å². The molecule has 8 heteroatoms. The molecule has 0 atom stereocenters. The fourth-order valence-corrected chi connectivity index (χ4v) is 1.86. The first kappa shape index (κ1) is 14.5. The SMILES string of the molecule is CC(C)(C)OC(=O)N1CCN(c2ccnc(Cl)n2)C1=O. The van der Waals surface area contributed by atoms with Crippen molar-refractivity contribution in [3.63, 3.8) is 0 Å². The van der Waals surface area contributed by atoms with Crippen LogP contribution < -0.4 is 4.90 Å². The number of imide groups is 1. The lowest BCUT2D eigenvalue weighted by Gasteiger charge is -2.23. The van der Waals surface area contributed by atoms with Crippen LogP contribution in [-0.4, -0.2) is 45.7 Å². The van der Waals surface area contributed by atoms with Crippen molar-refractivity contribution in [3.05, 3.63) is 17.5 Å². The van der Waals surface area contributed by atoms with Crippen molar-refractivity contribution in [2.45, 2.75) is 26.4 Å². The molecule has 0 spiro atoms. The first-order valence-corrected chi connectivity index (χ1v) is 6.46. The third-order valence-electron chi connectivity index (χ3n) is 2.51. The molecule has 1 aromatic heterocycles. The lowest BCUT2D eigenvalue weighted by atomic mass is 10.2. The summed E-state index contributed by atoms with van der Waals surface area (Å²) >= 11 is 5.69. The van der Waals surface area contributed by atoms with Gasteiger partial charge in [0.15, 0.2) is 0 Å². The Hall–Kier alpha value is -1.89. The molecule has 1 aliphatic heterocycles. The Balaban J connectivity index is 2.12. The van der Waals surface area contributed by atoms with Crippen molar-refractivity contribution in [2.75, 3.05) is 18.0 Å². The van der Waals surface area contributed by atoms with Crippen LogP contribution in [0.5, 0.6) is 0 Å². The maximum atomic E-state index is 12.2. The van der Waals surface area contributed by atoms with Crippen LogP contribution in [0.15, 0.2) is 12.3 Å². The van der Waals surface area contributed by atoms with Crippen LogP contribution in [-0.2, 0) is 4.74 Å². The van der Waals surface area contributed by atoms with Crippen LogP contribution in [0.1, 0.15) is 20.8 Å². The van der Waals surface area contributed by atoms with E-state index in [1.54, 1.807) is 26.8 Å².